The molecule has 2 aromatic rings. The molecule has 0 radical (unpaired) electrons. The summed E-state index contributed by atoms with van der Waals surface area (Å²) in [5.41, 5.74) is 1.79. The summed E-state index contributed by atoms with van der Waals surface area (Å²) in [7, 11) is 0. The van der Waals surface area contributed by atoms with Crippen molar-refractivity contribution >= 4 is 46.4 Å². The number of aliphatic hydroxyl groups excluding tert-OH is 1. The van der Waals surface area contributed by atoms with Gasteiger partial charge in [0.05, 0.1) is 17.6 Å². The second-order valence-corrected chi connectivity index (χ2v) is 7.75. The highest BCUT2D eigenvalue weighted by Crippen LogP contribution is 2.32. The smallest absolute Gasteiger partial charge is 0.412 e. The van der Waals surface area contributed by atoms with Gasteiger partial charge in [-0.2, -0.15) is 0 Å². The van der Waals surface area contributed by atoms with Crippen molar-refractivity contribution < 1.29 is 24.3 Å². The number of rotatable bonds is 13. The molecule has 33 heavy (non-hydrogen) atoms. The molecule has 0 aliphatic rings. The molecule has 9 nitrogen and oxygen atoms in total. The zero-order chi connectivity index (χ0) is 24.2. The topological polar surface area (TPSA) is 114 Å². The third-order valence-electron chi connectivity index (χ3n) is 4.68. The number of amides is 1. The summed E-state index contributed by atoms with van der Waals surface area (Å²) in [5.74, 6) is 1.16. The van der Waals surface area contributed by atoms with E-state index in [9.17, 15) is 14.9 Å². The minimum atomic E-state index is -0.739. The van der Waals surface area contributed by atoms with E-state index in [1.165, 1.54) is 18.2 Å². The van der Waals surface area contributed by atoms with E-state index in [4.69, 9.17) is 37.8 Å². The van der Waals surface area contributed by atoms with Gasteiger partial charge in [-0.15, -0.1) is 23.2 Å². The number of anilines is 2. The quantitative estimate of drug-likeness (QED) is 0.173. The lowest BCUT2D eigenvalue weighted by atomic mass is 10.1. The number of alkyl halides is 2. The fourth-order valence-corrected chi connectivity index (χ4v) is 3.45. The number of carbonyl (C=O) groups excluding carboxylic acids is 1. The van der Waals surface area contributed by atoms with Gasteiger partial charge in [-0.3, -0.25) is 15.4 Å². The van der Waals surface area contributed by atoms with E-state index in [2.05, 4.69) is 5.32 Å². The molecular formula is C22H27Cl2N3O6. The van der Waals surface area contributed by atoms with Crippen LogP contribution >= 0.6 is 23.2 Å². The van der Waals surface area contributed by atoms with Gasteiger partial charge in [-0.05, 0) is 37.3 Å². The molecule has 11 heteroatoms. The fraction of sp³-hybridized carbons (Fsp3) is 0.409. The number of nitrogens with zero attached hydrogens (tertiary/aromatic N) is 2. The number of non-ortho nitro benzene ring substituents is 1. The van der Waals surface area contributed by atoms with E-state index < -0.39 is 17.1 Å². The van der Waals surface area contributed by atoms with Gasteiger partial charge in [-0.1, -0.05) is 0 Å². The molecule has 1 atom stereocenters. The maximum absolute atomic E-state index is 12.4. The largest absolute Gasteiger partial charge is 0.493 e. The van der Waals surface area contributed by atoms with Crippen LogP contribution < -0.4 is 15.0 Å². The molecule has 1 unspecified atom stereocenters. The van der Waals surface area contributed by atoms with Gasteiger partial charge in [0.1, 0.15) is 11.9 Å². The van der Waals surface area contributed by atoms with Crippen molar-refractivity contribution in [1.29, 1.82) is 0 Å². The van der Waals surface area contributed by atoms with Crippen LogP contribution in [0.3, 0.4) is 0 Å². The van der Waals surface area contributed by atoms with E-state index >= 15 is 0 Å². The molecule has 0 heterocycles. The SMILES string of the molecule is CC(OC(=O)Nc1ccc(N(CCCl)CCCl)cc1)c1ccc([N+](=O)[O-])cc1OCCCO. The second-order valence-electron chi connectivity index (χ2n) is 6.99. The van der Waals surface area contributed by atoms with Gasteiger partial charge >= 0.3 is 6.09 Å². The lowest BCUT2D eigenvalue weighted by molar-refractivity contribution is -0.385. The molecule has 0 saturated carbocycles. The minimum absolute atomic E-state index is 0.0764. The summed E-state index contributed by atoms with van der Waals surface area (Å²) in [6, 6.07) is 11.3. The van der Waals surface area contributed by atoms with Crippen molar-refractivity contribution in [2.75, 3.05) is 48.3 Å². The molecule has 1 amide bonds. The molecule has 0 aliphatic carbocycles. The van der Waals surface area contributed by atoms with Crippen molar-refractivity contribution in [2.24, 2.45) is 0 Å². The molecule has 0 saturated heterocycles. The number of halogens is 2. The van der Waals surface area contributed by atoms with E-state index in [-0.39, 0.29) is 24.7 Å². The first-order chi connectivity index (χ1) is 15.9. The first-order valence-electron chi connectivity index (χ1n) is 10.4. The normalized spacial score (nSPS) is 11.5. The summed E-state index contributed by atoms with van der Waals surface area (Å²) in [5, 5.41) is 22.7. The first-order valence-corrected chi connectivity index (χ1v) is 11.4. The molecule has 0 spiro atoms. The number of benzene rings is 2. The van der Waals surface area contributed by atoms with Crippen LogP contribution in [0.4, 0.5) is 21.9 Å². The van der Waals surface area contributed by atoms with Crippen molar-refractivity contribution in [3.8, 4) is 5.75 Å². The molecule has 0 aliphatic heterocycles. The Morgan fingerprint density at radius 2 is 1.85 bits per heavy atom. The minimum Gasteiger partial charge on any atom is -0.493 e. The molecule has 0 bridgehead atoms. The van der Waals surface area contributed by atoms with Crippen molar-refractivity contribution in [3.05, 3.63) is 58.1 Å². The Labute approximate surface area is 202 Å². The summed E-state index contributed by atoms with van der Waals surface area (Å²) < 4.78 is 11.0. The average molecular weight is 500 g/mol. The Bertz CT molecular complexity index is 908. The van der Waals surface area contributed by atoms with Crippen LogP contribution in [0, 0.1) is 10.1 Å². The highest BCUT2D eigenvalue weighted by molar-refractivity contribution is 6.18. The van der Waals surface area contributed by atoms with Crippen LogP contribution in [-0.2, 0) is 4.74 Å². The summed E-state index contributed by atoms with van der Waals surface area (Å²) in [6.45, 7) is 3.03. The predicted octanol–water partition coefficient (Wildman–Crippen LogP) is 4.95. The number of nitro groups is 1. The Morgan fingerprint density at radius 1 is 1.18 bits per heavy atom. The monoisotopic (exact) mass is 499 g/mol. The first kappa shape index (κ1) is 26.5. The van der Waals surface area contributed by atoms with Gasteiger partial charge in [-0.25, -0.2) is 4.79 Å². The number of nitrogens with one attached hydrogen (secondary N) is 1. The maximum Gasteiger partial charge on any atom is 0.412 e. The number of aliphatic hydroxyl groups is 1. The average Bonchev–Trinajstić information content (AvgIpc) is 2.79. The third-order valence-corrected chi connectivity index (χ3v) is 5.02. The molecular weight excluding hydrogens is 473 g/mol. The highest BCUT2D eigenvalue weighted by Gasteiger charge is 2.20. The molecule has 2 N–H and O–H groups in total. The summed E-state index contributed by atoms with van der Waals surface area (Å²) >= 11 is 11.7. The maximum atomic E-state index is 12.4. The Hall–Kier alpha value is -2.75. The van der Waals surface area contributed by atoms with Gasteiger partial charge in [0.25, 0.3) is 5.69 Å². The second kappa shape index (κ2) is 13.7. The highest BCUT2D eigenvalue weighted by atomic mass is 35.5. The lowest BCUT2D eigenvalue weighted by Crippen LogP contribution is -2.27. The van der Waals surface area contributed by atoms with Crippen molar-refractivity contribution in [1.82, 2.24) is 0 Å². The fourth-order valence-electron chi connectivity index (χ4n) is 3.05. The predicted molar refractivity (Wildman–Crippen MR) is 129 cm³/mol. The van der Waals surface area contributed by atoms with Crippen LogP contribution in [0.2, 0.25) is 0 Å². The lowest BCUT2D eigenvalue weighted by Gasteiger charge is -2.23. The van der Waals surface area contributed by atoms with Gasteiger partial charge in [0, 0.05) is 60.9 Å². The van der Waals surface area contributed by atoms with Crippen molar-refractivity contribution in [3.63, 3.8) is 0 Å². The Kier molecular flexibility index (Phi) is 11.0. The summed E-state index contributed by atoms with van der Waals surface area (Å²) in [4.78, 5) is 25.0. The van der Waals surface area contributed by atoms with Crippen LogP contribution in [0.15, 0.2) is 42.5 Å². The van der Waals surface area contributed by atoms with Gasteiger partial charge < -0.3 is 19.5 Å². The third kappa shape index (κ3) is 8.27. The van der Waals surface area contributed by atoms with E-state index in [0.29, 0.717) is 42.5 Å². The van der Waals surface area contributed by atoms with Gasteiger partial charge in [0.15, 0.2) is 0 Å². The van der Waals surface area contributed by atoms with Crippen LogP contribution in [0.1, 0.15) is 25.0 Å². The standard InChI is InChI=1S/C22H27Cl2N3O6/c1-16(20-8-7-19(27(30)31)15-21(20)32-14-2-13-28)33-22(29)25-17-3-5-18(6-4-17)26(11-9-23)12-10-24/h3-8,15-16,28H,2,9-14H2,1H3,(H,25,29). The molecule has 180 valence electrons. The Morgan fingerprint density at radius 3 is 2.42 bits per heavy atom. The number of hydrogen-bond donors (Lipinski definition) is 2. The zero-order valence-electron chi connectivity index (χ0n) is 18.2. The number of carbonyl (C=O) groups is 1. The van der Waals surface area contributed by atoms with Gasteiger partial charge in [0.2, 0.25) is 0 Å². The van der Waals surface area contributed by atoms with Crippen LogP contribution in [-0.4, -0.2) is 54.2 Å². The molecule has 2 aromatic carbocycles. The van der Waals surface area contributed by atoms with Crippen molar-refractivity contribution in [2.45, 2.75) is 19.4 Å². The molecule has 0 fully saturated rings. The molecule has 2 rings (SSSR count). The number of nitro benzene ring substituents is 1. The van der Waals surface area contributed by atoms with E-state index in [1.54, 1.807) is 19.1 Å². The number of hydrogen-bond acceptors (Lipinski definition) is 7. The molecule has 0 aromatic heterocycles. The van der Waals surface area contributed by atoms with E-state index in [0.717, 1.165) is 5.69 Å². The zero-order valence-corrected chi connectivity index (χ0v) is 19.7. The van der Waals surface area contributed by atoms with E-state index in [1.807, 2.05) is 17.0 Å². The summed E-state index contributed by atoms with van der Waals surface area (Å²) in [6.07, 6.45) is -1.06. The van der Waals surface area contributed by atoms with Crippen LogP contribution in [0.5, 0.6) is 5.75 Å². The van der Waals surface area contributed by atoms with Crippen LogP contribution in [0.25, 0.3) is 0 Å². The number of ether oxygens (including phenoxy) is 2. The Balaban J connectivity index is 2.05.